The van der Waals surface area contributed by atoms with Crippen LogP contribution in [-0.4, -0.2) is 49.8 Å². The Morgan fingerprint density at radius 3 is 2.60 bits per heavy atom. The number of nitrogens with one attached hydrogen (secondary N) is 1. The van der Waals surface area contributed by atoms with Gasteiger partial charge in [0.1, 0.15) is 0 Å². The third kappa shape index (κ3) is 3.74. The molecule has 1 atom stereocenters. The van der Waals surface area contributed by atoms with Crippen LogP contribution in [0.1, 0.15) is 32.6 Å². The molecule has 1 saturated carbocycles. The molecule has 0 bridgehead atoms. The zero-order chi connectivity index (χ0) is 10.5. The maximum atomic E-state index is 5.35. The van der Waals surface area contributed by atoms with Gasteiger partial charge in [-0.1, -0.05) is 12.8 Å². The highest BCUT2D eigenvalue weighted by Crippen LogP contribution is 2.18. The van der Waals surface area contributed by atoms with E-state index < -0.39 is 0 Å². The van der Waals surface area contributed by atoms with E-state index in [1.165, 1.54) is 32.2 Å². The standard InChI is InChI=1S/C12H24N2O/c1-11(13-12-4-2-3-5-12)10-14-6-8-15-9-7-14/h11-13H,2-10H2,1H3. The van der Waals surface area contributed by atoms with E-state index in [0.717, 1.165) is 32.3 Å². The molecule has 1 aliphatic heterocycles. The van der Waals surface area contributed by atoms with Crippen LogP contribution >= 0.6 is 0 Å². The lowest BCUT2D eigenvalue weighted by atomic mass is 10.2. The summed E-state index contributed by atoms with van der Waals surface area (Å²) in [5.74, 6) is 0. The fraction of sp³-hybridized carbons (Fsp3) is 1.00. The molecule has 0 radical (unpaired) electrons. The second-order valence-corrected chi connectivity index (χ2v) is 4.96. The van der Waals surface area contributed by atoms with Gasteiger partial charge in [-0.25, -0.2) is 0 Å². The zero-order valence-corrected chi connectivity index (χ0v) is 9.87. The Morgan fingerprint density at radius 2 is 1.93 bits per heavy atom. The van der Waals surface area contributed by atoms with Crippen molar-refractivity contribution in [3.63, 3.8) is 0 Å². The van der Waals surface area contributed by atoms with E-state index in [4.69, 9.17) is 4.74 Å². The van der Waals surface area contributed by atoms with Gasteiger partial charge in [-0.3, -0.25) is 4.90 Å². The summed E-state index contributed by atoms with van der Waals surface area (Å²) >= 11 is 0. The topological polar surface area (TPSA) is 24.5 Å². The summed E-state index contributed by atoms with van der Waals surface area (Å²) in [6, 6.07) is 1.42. The number of morpholine rings is 1. The highest BCUT2D eigenvalue weighted by atomic mass is 16.5. The van der Waals surface area contributed by atoms with Crippen LogP contribution in [0.25, 0.3) is 0 Å². The quantitative estimate of drug-likeness (QED) is 0.759. The minimum Gasteiger partial charge on any atom is -0.379 e. The zero-order valence-electron chi connectivity index (χ0n) is 9.87. The highest BCUT2D eigenvalue weighted by molar-refractivity contribution is 4.78. The molecule has 3 nitrogen and oxygen atoms in total. The van der Waals surface area contributed by atoms with E-state index >= 15 is 0 Å². The predicted molar refractivity (Wildman–Crippen MR) is 62.1 cm³/mol. The lowest BCUT2D eigenvalue weighted by molar-refractivity contribution is 0.0339. The molecule has 0 aromatic carbocycles. The summed E-state index contributed by atoms with van der Waals surface area (Å²) in [6.07, 6.45) is 5.60. The Hall–Kier alpha value is -0.120. The minimum absolute atomic E-state index is 0.631. The first-order valence-corrected chi connectivity index (χ1v) is 6.41. The predicted octanol–water partition coefficient (Wildman–Crippen LogP) is 1.24. The van der Waals surface area contributed by atoms with Gasteiger partial charge in [0.25, 0.3) is 0 Å². The first-order chi connectivity index (χ1) is 7.34. The summed E-state index contributed by atoms with van der Waals surface area (Å²) < 4.78 is 5.35. The van der Waals surface area contributed by atoms with Crippen molar-refractivity contribution in [2.45, 2.75) is 44.7 Å². The summed E-state index contributed by atoms with van der Waals surface area (Å²) in [5.41, 5.74) is 0. The van der Waals surface area contributed by atoms with Gasteiger partial charge in [0.05, 0.1) is 13.2 Å². The minimum atomic E-state index is 0.631. The van der Waals surface area contributed by atoms with Crippen molar-refractivity contribution in [3.8, 4) is 0 Å². The average molecular weight is 212 g/mol. The molecule has 88 valence electrons. The summed E-state index contributed by atoms with van der Waals surface area (Å²) in [7, 11) is 0. The third-order valence-corrected chi connectivity index (χ3v) is 3.51. The van der Waals surface area contributed by atoms with Crippen molar-refractivity contribution in [3.05, 3.63) is 0 Å². The normalized spacial score (nSPS) is 27.0. The molecular formula is C12H24N2O. The Labute approximate surface area is 93.2 Å². The Bertz CT molecular complexity index is 174. The van der Waals surface area contributed by atoms with Gasteiger partial charge in [0.15, 0.2) is 0 Å². The Kier molecular flexibility index (Phi) is 4.42. The smallest absolute Gasteiger partial charge is 0.0594 e. The van der Waals surface area contributed by atoms with Gasteiger partial charge >= 0.3 is 0 Å². The molecule has 2 rings (SSSR count). The second-order valence-electron chi connectivity index (χ2n) is 4.96. The molecule has 15 heavy (non-hydrogen) atoms. The van der Waals surface area contributed by atoms with Crippen molar-refractivity contribution in [1.29, 1.82) is 0 Å². The maximum Gasteiger partial charge on any atom is 0.0594 e. The fourth-order valence-electron chi connectivity index (χ4n) is 2.72. The number of rotatable bonds is 4. The molecule has 1 saturated heterocycles. The van der Waals surface area contributed by atoms with Crippen molar-refractivity contribution in [1.82, 2.24) is 10.2 Å². The van der Waals surface area contributed by atoms with Gasteiger partial charge in [-0.15, -0.1) is 0 Å². The molecule has 0 aromatic rings. The van der Waals surface area contributed by atoms with Crippen LogP contribution in [0.5, 0.6) is 0 Å². The summed E-state index contributed by atoms with van der Waals surface area (Å²) in [6.45, 7) is 7.54. The van der Waals surface area contributed by atoms with Gasteiger partial charge in [0, 0.05) is 31.7 Å². The molecule has 0 spiro atoms. The second kappa shape index (κ2) is 5.83. The lowest BCUT2D eigenvalue weighted by Crippen LogP contribution is -2.46. The van der Waals surface area contributed by atoms with Gasteiger partial charge in [-0.05, 0) is 19.8 Å². The molecule has 0 amide bonds. The third-order valence-electron chi connectivity index (χ3n) is 3.51. The fourth-order valence-corrected chi connectivity index (χ4v) is 2.72. The van der Waals surface area contributed by atoms with Gasteiger partial charge in [-0.2, -0.15) is 0 Å². The van der Waals surface area contributed by atoms with Crippen molar-refractivity contribution in [2.75, 3.05) is 32.8 Å². The van der Waals surface area contributed by atoms with Crippen LogP contribution in [0.4, 0.5) is 0 Å². The van der Waals surface area contributed by atoms with Crippen molar-refractivity contribution in [2.24, 2.45) is 0 Å². The van der Waals surface area contributed by atoms with Crippen LogP contribution in [0.15, 0.2) is 0 Å². The van der Waals surface area contributed by atoms with Crippen molar-refractivity contribution < 1.29 is 4.74 Å². The molecule has 1 unspecified atom stereocenters. The molecule has 1 heterocycles. The number of ether oxygens (including phenoxy) is 1. The largest absolute Gasteiger partial charge is 0.379 e. The monoisotopic (exact) mass is 212 g/mol. The van der Waals surface area contributed by atoms with Gasteiger partial charge < -0.3 is 10.1 Å². The number of nitrogens with zero attached hydrogens (tertiary/aromatic N) is 1. The molecule has 0 aromatic heterocycles. The van der Waals surface area contributed by atoms with Crippen LogP contribution in [0.2, 0.25) is 0 Å². The van der Waals surface area contributed by atoms with E-state index in [1.807, 2.05) is 0 Å². The molecule has 2 fully saturated rings. The molecule has 3 heteroatoms. The average Bonchev–Trinajstić information content (AvgIpc) is 2.71. The van der Waals surface area contributed by atoms with Crippen LogP contribution in [0.3, 0.4) is 0 Å². The Balaban J connectivity index is 1.64. The number of hydrogen-bond donors (Lipinski definition) is 1. The van der Waals surface area contributed by atoms with E-state index in [2.05, 4.69) is 17.1 Å². The van der Waals surface area contributed by atoms with Crippen LogP contribution < -0.4 is 5.32 Å². The van der Waals surface area contributed by atoms with E-state index in [9.17, 15) is 0 Å². The first-order valence-electron chi connectivity index (χ1n) is 6.41. The van der Waals surface area contributed by atoms with E-state index in [1.54, 1.807) is 0 Å². The highest BCUT2D eigenvalue weighted by Gasteiger charge is 2.19. The van der Waals surface area contributed by atoms with Crippen LogP contribution in [0, 0.1) is 0 Å². The number of hydrogen-bond acceptors (Lipinski definition) is 3. The summed E-state index contributed by atoms with van der Waals surface area (Å²) in [5, 5.41) is 3.74. The van der Waals surface area contributed by atoms with E-state index in [-0.39, 0.29) is 0 Å². The Morgan fingerprint density at radius 1 is 1.27 bits per heavy atom. The first kappa shape index (κ1) is 11.4. The SMILES string of the molecule is CC(CN1CCOCC1)NC1CCCC1. The molecule has 2 aliphatic rings. The molecule has 1 aliphatic carbocycles. The maximum absolute atomic E-state index is 5.35. The van der Waals surface area contributed by atoms with Crippen LogP contribution in [-0.2, 0) is 4.74 Å². The van der Waals surface area contributed by atoms with E-state index in [0.29, 0.717) is 6.04 Å². The van der Waals surface area contributed by atoms with Crippen molar-refractivity contribution >= 4 is 0 Å². The lowest BCUT2D eigenvalue weighted by Gasteiger charge is -2.30. The summed E-state index contributed by atoms with van der Waals surface area (Å²) in [4.78, 5) is 2.51. The molecular weight excluding hydrogens is 188 g/mol. The molecule has 1 N–H and O–H groups in total. The van der Waals surface area contributed by atoms with Gasteiger partial charge in [0.2, 0.25) is 0 Å².